The van der Waals surface area contributed by atoms with E-state index in [4.69, 9.17) is 0 Å². The highest BCUT2D eigenvalue weighted by molar-refractivity contribution is 5.01. The van der Waals surface area contributed by atoms with Crippen LogP contribution in [0.5, 0.6) is 0 Å². The van der Waals surface area contributed by atoms with Gasteiger partial charge in [-0.1, -0.05) is 19.3 Å². The maximum atomic E-state index is 4.57. The molecule has 0 amide bonds. The summed E-state index contributed by atoms with van der Waals surface area (Å²) in [5.74, 6) is 1.70. The molecular formula is C16H27N3. The van der Waals surface area contributed by atoms with Crippen molar-refractivity contribution in [3.05, 3.63) is 18.0 Å². The van der Waals surface area contributed by atoms with Crippen LogP contribution in [0.15, 0.2) is 12.3 Å². The Morgan fingerprint density at radius 2 is 1.95 bits per heavy atom. The summed E-state index contributed by atoms with van der Waals surface area (Å²) in [5.41, 5.74) is 1.28. The lowest BCUT2D eigenvalue weighted by molar-refractivity contribution is 0.294. The predicted molar refractivity (Wildman–Crippen MR) is 78.0 cm³/mol. The molecule has 0 aromatic carbocycles. The summed E-state index contributed by atoms with van der Waals surface area (Å²) >= 11 is 0. The molecule has 0 spiro atoms. The minimum Gasteiger partial charge on any atom is -0.314 e. The molecule has 2 atom stereocenters. The van der Waals surface area contributed by atoms with Crippen LogP contribution in [-0.4, -0.2) is 22.4 Å². The van der Waals surface area contributed by atoms with Gasteiger partial charge in [-0.05, 0) is 56.6 Å². The first-order valence-electron chi connectivity index (χ1n) is 8.03. The van der Waals surface area contributed by atoms with Crippen molar-refractivity contribution in [3.63, 3.8) is 0 Å². The van der Waals surface area contributed by atoms with Crippen LogP contribution in [0.1, 0.15) is 50.6 Å². The lowest BCUT2D eigenvalue weighted by atomic mass is 9.84. The van der Waals surface area contributed by atoms with E-state index >= 15 is 0 Å². The van der Waals surface area contributed by atoms with Crippen LogP contribution in [-0.2, 0) is 13.5 Å². The molecule has 2 aliphatic carbocycles. The van der Waals surface area contributed by atoms with Crippen molar-refractivity contribution >= 4 is 0 Å². The Hall–Kier alpha value is -0.830. The van der Waals surface area contributed by atoms with E-state index in [2.05, 4.69) is 22.7 Å². The summed E-state index contributed by atoms with van der Waals surface area (Å²) in [6, 6.07) is 3.04. The number of nitrogens with one attached hydrogen (secondary N) is 1. The van der Waals surface area contributed by atoms with Crippen LogP contribution in [0.4, 0.5) is 0 Å². The normalized spacial score (nSPS) is 28.3. The molecule has 0 bridgehead atoms. The van der Waals surface area contributed by atoms with Gasteiger partial charge in [0.2, 0.25) is 0 Å². The fourth-order valence-electron chi connectivity index (χ4n) is 3.44. The van der Waals surface area contributed by atoms with Crippen molar-refractivity contribution < 1.29 is 0 Å². The quantitative estimate of drug-likeness (QED) is 0.826. The maximum Gasteiger partial charge on any atom is 0.0627 e. The first-order valence-corrected chi connectivity index (χ1v) is 8.03. The smallest absolute Gasteiger partial charge is 0.0627 e. The standard InChI is InChI=1S/C16H27N3/c1-19-10-9-16(18-19)11-13-5-3-2-4-6-14(13)12-17-15-7-8-15/h9-10,13-15,17H,2-8,11-12H2,1H3. The van der Waals surface area contributed by atoms with Crippen molar-refractivity contribution in [3.8, 4) is 0 Å². The van der Waals surface area contributed by atoms with Crippen molar-refractivity contribution in [1.29, 1.82) is 0 Å². The van der Waals surface area contributed by atoms with E-state index in [1.165, 1.54) is 63.6 Å². The first kappa shape index (κ1) is 13.2. The number of hydrogen-bond acceptors (Lipinski definition) is 2. The molecule has 19 heavy (non-hydrogen) atoms. The number of hydrogen-bond donors (Lipinski definition) is 1. The van der Waals surface area contributed by atoms with E-state index in [-0.39, 0.29) is 0 Å². The highest BCUT2D eigenvalue weighted by Crippen LogP contribution is 2.31. The molecule has 3 rings (SSSR count). The monoisotopic (exact) mass is 261 g/mol. The van der Waals surface area contributed by atoms with Gasteiger partial charge in [-0.2, -0.15) is 5.10 Å². The summed E-state index contributed by atoms with van der Waals surface area (Å²) in [7, 11) is 2.02. The molecule has 0 saturated heterocycles. The van der Waals surface area contributed by atoms with Crippen LogP contribution in [0, 0.1) is 11.8 Å². The SMILES string of the molecule is Cn1ccc(CC2CCCCCC2CNC2CC2)n1. The molecule has 2 fully saturated rings. The largest absolute Gasteiger partial charge is 0.314 e. The topological polar surface area (TPSA) is 29.9 Å². The fraction of sp³-hybridized carbons (Fsp3) is 0.812. The average Bonchev–Trinajstić information content (AvgIpc) is 3.16. The number of aryl methyl sites for hydroxylation is 1. The van der Waals surface area contributed by atoms with Gasteiger partial charge in [0.05, 0.1) is 5.69 Å². The predicted octanol–water partition coefficient (Wildman–Crippen LogP) is 2.91. The van der Waals surface area contributed by atoms with Crippen LogP contribution in [0.25, 0.3) is 0 Å². The van der Waals surface area contributed by atoms with Crippen molar-refractivity contribution in [2.24, 2.45) is 18.9 Å². The highest BCUT2D eigenvalue weighted by atomic mass is 15.2. The Morgan fingerprint density at radius 3 is 2.63 bits per heavy atom. The lowest BCUT2D eigenvalue weighted by Crippen LogP contribution is -2.30. The zero-order chi connectivity index (χ0) is 13.1. The zero-order valence-electron chi connectivity index (χ0n) is 12.1. The number of aromatic nitrogens is 2. The van der Waals surface area contributed by atoms with Crippen molar-refractivity contribution in [2.75, 3.05) is 6.54 Å². The van der Waals surface area contributed by atoms with Gasteiger partial charge in [-0.25, -0.2) is 0 Å². The minimum atomic E-state index is 0.837. The van der Waals surface area contributed by atoms with Crippen molar-refractivity contribution in [2.45, 2.75) is 57.4 Å². The summed E-state index contributed by atoms with van der Waals surface area (Å²) < 4.78 is 1.93. The molecule has 3 heteroatoms. The third-order valence-corrected chi connectivity index (χ3v) is 4.80. The van der Waals surface area contributed by atoms with Crippen molar-refractivity contribution in [1.82, 2.24) is 15.1 Å². The molecule has 0 radical (unpaired) electrons. The van der Waals surface area contributed by atoms with E-state index in [0.29, 0.717) is 0 Å². The third-order valence-electron chi connectivity index (χ3n) is 4.80. The van der Waals surface area contributed by atoms with Gasteiger partial charge in [0.15, 0.2) is 0 Å². The van der Waals surface area contributed by atoms with Crippen LogP contribution >= 0.6 is 0 Å². The molecule has 106 valence electrons. The van der Waals surface area contributed by atoms with E-state index < -0.39 is 0 Å². The van der Waals surface area contributed by atoms with Gasteiger partial charge in [-0.3, -0.25) is 4.68 Å². The molecule has 2 saturated carbocycles. The molecule has 0 aliphatic heterocycles. The lowest BCUT2D eigenvalue weighted by Gasteiger charge is -2.25. The molecule has 1 aromatic heterocycles. The zero-order valence-corrected chi connectivity index (χ0v) is 12.1. The van der Waals surface area contributed by atoms with Gasteiger partial charge in [0, 0.05) is 19.3 Å². The number of rotatable bonds is 5. The van der Waals surface area contributed by atoms with Crippen LogP contribution in [0.2, 0.25) is 0 Å². The second-order valence-corrected chi connectivity index (χ2v) is 6.53. The first-order chi connectivity index (χ1) is 9.31. The van der Waals surface area contributed by atoms with Gasteiger partial charge < -0.3 is 5.32 Å². The molecule has 1 aromatic rings. The molecule has 2 aliphatic rings. The molecular weight excluding hydrogens is 234 g/mol. The van der Waals surface area contributed by atoms with E-state index in [1.807, 2.05) is 11.7 Å². The molecule has 1 N–H and O–H groups in total. The molecule has 1 heterocycles. The summed E-state index contributed by atoms with van der Waals surface area (Å²) in [4.78, 5) is 0. The summed E-state index contributed by atoms with van der Waals surface area (Å²) in [6.07, 6.45) is 13.1. The third kappa shape index (κ3) is 3.82. The molecule has 2 unspecified atom stereocenters. The highest BCUT2D eigenvalue weighted by Gasteiger charge is 2.27. The Balaban J connectivity index is 1.59. The average molecular weight is 261 g/mol. The van der Waals surface area contributed by atoms with Gasteiger partial charge >= 0.3 is 0 Å². The van der Waals surface area contributed by atoms with E-state index in [9.17, 15) is 0 Å². The van der Waals surface area contributed by atoms with Gasteiger partial charge in [0.25, 0.3) is 0 Å². The van der Waals surface area contributed by atoms with Gasteiger partial charge in [-0.15, -0.1) is 0 Å². The van der Waals surface area contributed by atoms with Crippen LogP contribution < -0.4 is 5.32 Å². The summed E-state index contributed by atoms with van der Waals surface area (Å²) in [5, 5.41) is 8.32. The second kappa shape index (κ2) is 6.08. The Morgan fingerprint density at radius 1 is 1.16 bits per heavy atom. The minimum absolute atomic E-state index is 0.837. The van der Waals surface area contributed by atoms with E-state index in [1.54, 1.807) is 0 Å². The Kier molecular flexibility index (Phi) is 4.21. The Bertz CT molecular complexity index is 394. The Labute approximate surface area is 116 Å². The maximum absolute atomic E-state index is 4.57. The molecule has 3 nitrogen and oxygen atoms in total. The number of nitrogens with zero attached hydrogens (tertiary/aromatic N) is 2. The second-order valence-electron chi connectivity index (χ2n) is 6.53. The van der Waals surface area contributed by atoms with E-state index in [0.717, 1.165) is 17.9 Å². The summed E-state index contributed by atoms with van der Waals surface area (Å²) in [6.45, 7) is 1.24. The van der Waals surface area contributed by atoms with Crippen LogP contribution in [0.3, 0.4) is 0 Å². The fourth-order valence-corrected chi connectivity index (χ4v) is 3.44. The van der Waals surface area contributed by atoms with Gasteiger partial charge in [0.1, 0.15) is 0 Å².